The van der Waals surface area contributed by atoms with Crippen molar-refractivity contribution in [3.05, 3.63) is 18.2 Å². The molecule has 0 aliphatic heterocycles. The Labute approximate surface area is 132 Å². The maximum absolute atomic E-state index is 10.3. The second-order valence-electron chi connectivity index (χ2n) is 3.70. The van der Waals surface area contributed by atoms with E-state index in [0.717, 1.165) is 0 Å². The van der Waals surface area contributed by atoms with Gasteiger partial charge in [0.15, 0.2) is 5.75 Å². The molecule has 12 heteroatoms. The molecule has 0 amide bonds. The molecule has 6 N–H and O–H groups in total. The molecule has 0 bridgehead atoms. The molecule has 0 fully saturated rings. The molecular formula is C10H9N3O7S2. The zero-order valence-electron chi connectivity index (χ0n) is 11.5. The predicted octanol–water partition coefficient (Wildman–Crippen LogP) is 3.65. The van der Waals surface area contributed by atoms with E-state index in [-0.39, 0.29) is 22.0 Å². The number of fused-ring (bicyclic) bond motifs is 1. The lowest BCUT2D eigenvalue weighted by molar-refractivity contribution is -0.432. The summed E-state index contributed by atoms with van der Waals surface area (Å²) in [5, 5.41) is 38.1. The van der Waals surface area contributed by atoms with Gasteiger partial charge < -0.3 is 10.8 Å². The Balaban J connectivity index is 2.69. The van der Waals surface area contributed by atoms with Crippen molar-refractivity contribution in [1.29, 1.82) is 5.52 Å². The molecule has 2 aromatic carbocycles. The summed E-state index contributed by atoms with van der Waals surface area (Å²) in [5.41, 5.74) is 8.90. The third-order valence-electron chi connectivity index (χ3n) is 2.62. The van der Waals surface area contributed by atoms with E-state index in [1.54, 1.807) is 0 Å². The standard InChI is InChI=1S/C10H9N3O7S2/c11-6-2-1-4-5(10(6)22-20-18-16)3-7(21-19-17-15)8(13-12)9(4)14/h1-3,12,14-16H,11H2/b13-12-/i/hD. The monoisotopic (exact) mass is 348 g/mol. The molecule has 0 atom stereocenters. The first-order valence-corrected chi connectivity index (χ1v) is 6.85. The van der Waals surface area contributed by atoms with Crippen LogP contribution in [0.1, 0.15) is 0 Å². The number of hydrogen-bond acceptors (Lipinski definition) is 12. The topological polar surface area (TPSA) is 160 Å². The van der Waals surface area contributed by atoms with E-state index in [2.05, 4.69) is 29.4 Å². The minimum atomic E-state index is -0.311. The number of benzene rings is 2. The molecule has 0 aliphatic carbocycles. The highest BCUT2D eigenvalue weighted by molar-refractivity contribution is 7.95. The fraction of sp³-hybridized carbons (Fsp3) is 0. The van der Waals surface area contributed by atoms with E-state index in [1.807, 2.05) is 0 Å². The number of nitrogens with one attached hydrogen (secondary N) is 1. The van der Waals surface area contributed by atoms with Crippen LogP contribution in [0.5, 0.6) is 5.75 Å². The Hall–Kier alpha value is -1.64. The van der Waals surface area contributed by atoms with Crippen molar-refractivity contribution in [2.45, 2.75) is 9.79 Å². The molecule has 0 heterocycles. The van der Waals surface area contributed by atoms with Crippen molar-refractivity contribution in [2.75, 3.05) is 5.73 Å². The molecule has 0 unspecified atom stereocenters. The summed E-state index contributed by atoms with van der Waals surface area (Å²) in [6, 6.07) is 4.49. The first-order valence-electron chi connectivity index (χ1n) is 5.81. The van der Waals surface area contributed by atoms with Gasteiger partial charge >= 0.3 is 0 Å². The average molecular weight is 348 g/mol. The number of nitrogens with two attached hydrogens (primary N) is 1. The quantitative estimate of drug-likeness (QED) is 0.164. The van der Waals surface area contributed by atoms with Gasteiger partial charge in [-0.05, 0) is 18.2 Å². The summed E-state index contributed by atoms with van der Waals surface area (Å²) in [7, 11) is 0. The van der Waals surface area contributed by atoms with Crippen LogP contribution >= 0.6 is 24.1 Å². The third kappa shape index (κ3) is 3.23. The molecule has 0 radical (unpaired) electrons. The van der Waals surface area contributed by atoms with E-state index in [4.69, 9.17) is 17.7 Å². The van der Waals surface area contributed by atoms with E-state index < -0.39 is 0 Å². The highest BCUT2D eigenvalue weighted by Crippen LogP contribution is 2.46. The maximum Gasteiger partial charge on any atom is 0.214 e. The van der Waals surface area contributed by atoms with Crippen LogP contribution in [0.3, 0.4) is 0 Å². The summed E-state index contributed by atoms with van der Waals surface area (Å²) in [4.78, 5) is 0.491. The van der Waals surface area contributed by atoms with E-state index in [9.17, 15) is 5.11 Å². The van der Waals surface area contributed by atoms with Gasteiger partial charge in [0.05, 0.1) is 33.9 Å². The lowest BCUT2D eigenvalue weighted by Gasteiger charge is -2.12. The molecule has 10 nitrogen and oxygen atoms in total. The Morgan fingerprint density at radius 3 is 2.59 bits per heavy atom. The van der Waals surface area contributed by atoms with Gasteiger partial charge in [0, 0.05) is 16.5 Å². The molecule has 118 valence electrons. The summed E-state index contributed by atoms with van der Waals surface area (Å²) < 4.78 is 15.5. The highest BCUT2D eigenvalue weighted by atomic mass is 32.2. The van der Waals surface area contributed by atoms with E-state index in [0.29, 0.717) is 39.8 Å². The second-order valence-corrected chi connectivity index (χ2v) is 5.16. The fourth-order valence-electron chi connectivity index (χ4n) is 1.76. The number of phenolic OH excluding ortho intramolecular Hbond substituents is 1. The summed E-state index contributed by atoms with van der Waals surface area (Å²) >= 11 is 1.12. The van der Waals surface area contributed by atoms with Crippen molar-refractivity contribution in [2.24, 2.45) is 5.11 Å². The SMILES string of the molecule is [2H]/N=N\c1c(SOOO)cc2c(SOOO)c(N)ccc2c1O. The van der Waals surface area contributed by atoms with Crippen LogP contribution in [-0.2, 0) is 18.7 Å². The summed E-state index contributed by atoms with van der Waals surface area (Å²) in [6.45, 7) is 0. The molecular weight excluding hydrogens is 338 g/mol. The molecule has 0 saturated heterocycles. The fourth-order valence-corrected chi connectivity index (χ4v) is 2.77. The largest absolute Gasteiger partial charge is 0.505 e. The third-order valence-corrected chi connectivity index (χ3v) is 3.99. The number of rotatable bonds is 7. The zero-order chi connectivity index (χ0) is 16.8. The van der Waals surface area contributed by atoms with Crippen LogP contribution in [0.15, 0.2) is 33.1 Å². The molecule has 0 saturated carbocycles. The van der Waals surface area contributed by atoms with Gasteiger partial charge in [-0.25, -0.2) is 16.0 Å². The minimum Gasteiger partial charge on any atom is -0.505 e. The zero-order valence-corrected chi connectivity index (χ0v) is 12.1. The average Bonchev–Trinajstić information content (AvgIpc) is 2.55. The van der Waals surface area contributed by atoms with Crippen LogP contribution in [0.25, 0.3) is 10.8 Å². The van der Waals surface area contributed by atoms with Gasteiger partial charge in [0.1, 0.15) is 5.69 Å². The Bertz CT molecular complexity index is 733. The maximum atomic E-state index is 10.3. The van der Waals surface area contributed by atoms with Crippen LogP contribution < -0.4 is 5.73 Å². The van der Waals surface area contributed by atoms with Crippen molar-refractivity contribution in [1.82, 2.24) is 0 Å². The van der Waals surface area contributed by atoms with Gasteiger partial charge in [0.25, 0.3) is 0 Å². The molecule has 2 rings (SSSR count). The predicted molar refractivity (Wildman–Crippen MR) is 76.1 cm³/mol. The second kappa shape index (κ2) is 7.57. The van der Waals surface area contributed by atoms with E-state index in [1.165, 1.54) is 18.2 Å². The van der Waals surface area contributed by atoms with Gasteiger partial charge in [-0.1, -0.05) is 10.1 Å². The van der Waals surface area contributed by atoms with Gasteiger partial charge in [-0.3, -0.25) is 0 Å². The lowest BCUT2D eigenvalue weighted by atomic mass is 10.1. The number of hydrogen-bond donors (Lipinski definition) is 5. The Morgan fingerprint density at radius 2 is 1.91 bits per heavy atom. The van der Waals surface area contributed by atoms with Crippen LogP contribution in [0.2, 0.25) is 1.41 Å². The Morgan fingerprint density at radius 1 is 1.18 bits per heavy atom. The molecule has 0 aromatic heterocycles. The molecule has 2 aromatic rings. The van der Waals surface area contributed by atoms with Gasteiger partial charge in [-0.15, -0.1) is 8.67 Å². The summed E-state index contributed by atoms with van der Waals surface area (Å²) in [5.74, 6) is -0.311. The van der Waals surface area contributed by atoms with Crippen molar-refractivity contribution in [3.8, 4) is 5.75 Å². The van der Waals surface area contributed by atoms with Crippen LogP contribution in [-0.4, -0.2) is 15.6 Å². The number of nitrogen functional groups attached to an aromatic ring is 1. The first kappa shape index (κ1) is 15.3. The summed E-state index contributed by atoms with van der Waals surface area (Å²) in [6.07, 6.45) is 0. The Kier molecular flexibility index (Phi) is 5.25. The smallest absolute Gasteiger partial charge is 0.214 e. The molecule has 22 heavy (non-hydrogen) atoms. The number of aromatic hydroxyl groups is 1. The van der Waals surface area contributed by atoms with Gasteiger partial charge in [-0.2, -0.15) is 5.11 Å². The number of phenols is 1. The normalized spacial score (nSPS) is 12.2. The van der Waals surface area contributed by atoms with Crippen molar-refractivity contribution in [3.63, 3.8) is 0 Å². The van der Waals surface area contributed by atoms with E-state index >= 15 is 0 Å². The molecule has 0 aliphatic rings. The number of nitrogens with zero attached hydrogens (tertiary/aromatic N) is 1. The first-order chi connectivity index (χ1) is 11.1. The van der Waals surface area contributed by atoms with Gasteiger partial charge in [0.2, 0.25) is 1.41 Å². The lowest BCUT2D eigenvalue weighted by Crippen LogP contribution is -1.92. The number of anilines is 1. The van der Waals surface area contributed by atoms with Crippen molar-refractivity contribution < 1.29 is 35.8 Å². The van der Waals surface area contributed by atoms with Crippen LogP contribution in [0, 0.1) is 5.52 Å². The van der Waals surface area contributed by atoms with Crippen LogP contribution in [0.4, 0.5) is 11.4 Å². The highest BCUT2D eigenvalue weighted by Gasteiger charge is 2.18. The molecule has 0 spiro atoms. The van der Waals surface area contributed by atoms with Crippen molar-refractivity contribution >= 4 is 46.2 Å². The minimum absolute atomic E-state index is 0.0744.